The summed E-state index contributed by atoms with van der Waals surface area (Å²) in [5, 5.41) is 3.71. The van der Waals surface area contributed by atoms with Crippen LogP contribution in [0.4, 0.5) is 0 Å². The van der Waals surface area contributed by atoms with Crippen LogP contribution in [0.15, 0.2) is 0 Å². The van der Waals surface area contributed by atoms with Crippen LogP contribution in [-0.2, 0) is 0 Å². The Morgan fingerprint density at radius 1 is 0.714 bits per heavy atom. The fourth-order valence-corrected chi connectivity index (χ4v) is 4.35. The summed E-state index contributed by atoms with van der Waals surface area (Å²) in [6.07, 6.45) is 12.1. The molecule has 1 saturated heterocycles. The molecule has 1 heterocycles. The molecule has 4 atom stereocenters. The van der Waals surface area contributed by atoms with Crippen molar-refractivity contribution in [3.8, 4) is 0 Å². The summed E-state index contributed by atoms with van der Waals surface area (Å²) in [5.41, 5.74) is 0. The molecule has 0 aromatic heterocycles. The van der Waals surface area contributed by atoms with Crippen LogP contribution in [0, 0.1) is 17.8 Å². The molecular formula is C13H23N. The molecule has 0 spiro atoms. The largest absolute Gasteiger partial charge is 0.314 e. The highest BCUT2D eigenvalue weighted by Gasteiger charge is 2.41. The minimum Gasteiger partial charge on any atom is -0.314 e. The number of hydrogen-bond donors (Lipinski definition) is 1. The topological polar surface area (TPSA) is 12.0 Å². The minimum atomic E-state index is 0.911. The molecule has 2 aliphatic carbocycles. The summed E-state index contributed by atoms with van der Waals surface area (Å²) in [5.74, 6) is 3.27. The quantitative estimate of drug-likeness (QED) is 0.623. The predicted molar refractivity (Wildman–Crippen MR) is 59.2 cm³/mol. The highest BCUT2D eigenvalue weighted by atomic mass is 15.0. The number of fused-ring (bicyclic) bond motifs is 3. The van der Waals surface area contributed by atoms with Crippen LogP contribution in [0.1, 0.15) is 51.4 Å². The molecule has 1 nitrogen and oxygen atoms in total. The van der Waals surface area contributed by atoms with Gasteiger partial charge in [-0.15, -0.1) is 0 Å². The molecule has 1 aliphatic heterocycles. The van der Waals surface area contributed by atoms with Gasteiger partial charge in [-0.3, -0.25) is 0 Å². The zero-order valence-electron chi connectivity index (χ0n) is 9.17. The standard InChI is InChI=1S/C13H23N/c1-2-4-10-6-7-13-12(8-9-14-13)11(10)5-3-1/h10-14H,1-9H2. The molecule has 0 aromatic carbocycles. The maximum absolute atomic E-state index is 3.71. The maximum atomic E-state index is 3.71. The summed E-state index contributed by atoms with van der Waals surface area (Å²) in [6, 6.07) is 0.911. The first-order valence-corrected chi connectivity index (χ1v) is 6.68. The summed E-state index contributed by atoms with van der Waals surface area (Å²) in [4.78, 5) is 0. The zero-order valence-corrected chi connectivity index (χ0v) is 9.17. The third-order valence-corrected chi connectivity index (χ3v) is 5.02. The lowest BCUT2D eigenvalue weighted by Crippen LogP contribution is -2.39. The Kier molecular flexibility index (Phi) is 2.53. The first kappa shape index (κ1) is 9.21. The van der Waals surface area contributed by atoms with Crippen molar-refractivity contribution < 1.29 is 0 Å². The lowest BCUT2D eigenvalue weighted by atomic mass is 9.68. The van der Waals surface area contributed by atoms with E-state index in [9.17, 15) is 0 Å². The summed E-state index contributed by atoms with van der Waals surface area (Å²) < 4.78 is 0. The summed E-state index contributed by atoms with van der Waals surface area (Å²) in [6.45, 7) is 1.30. The van der Waals surface area contributed by atoms with Crippen molar-refractivity contribution >= 4 is 0 Å². The minimum absolute atomic E-state index is 0.911. The third-order valence-electron chi connectivity index (χ3n) is 5.02. The van der Waals surface area contributed by atoms with E-state index in [0.29, 0.717) is 0 Å². The molecule has 0 aromatic rings. The molecule has 1 heteroatoms. The van der Waals surface area contributed by atoms with E-state index in [1.54, 1.807) is 12.8 Å². The van der Waals surface area contributed by atoms with Gasteiger partial charge in [-0.2, -0.15) is 0 Å². The normalized spacial score (nSPS) is 48.0. The first-order valence-electron chi connectivity index (χ1n) is 6.68. The van der Waals surface area contributed by atoms with Crippen LogP contribution >= 0.6 is 0 Å². The number of rotatable bonds is 0. The van der Waals surface area contributed by atoms with Crippen LogP contribution < -0.4 is 5.32 Å². The summed E-state index contributed by atoms with van der Waals surface area (Å²) >= 11 is 0. The molecule has 14 heavy (non-hydrogen) atoms. The first-order chi connectivity index (χ1) is 6.95. The van der Waals surface area contributed by atoms with E-state index in [-0.39, 0.29) is 0 Å². The fourth-order valence-electron chi connectivity index (χ4n) is 4.35. The van der Waals surface area contributed by atoms with E-state index < -0.39 is 0 Å². The van der Waals surface area contributed by atoms with E-state index in [4.69, 9.17) is 0 Å². The molecular weight excluding hydrogens is 170 g/mol. The molecule has 0 amide bonds. The highest BCUT2D eigenvalue weighted by molar-refractivity contribution is 4.95. The Bertz CT molecular complexity index is 201. The van der Waals surface area contributed by atoms with Gasteiger partial charge >= 0.3 is 0 Å². The molecule has 2 saturated carbocycles. The molecule has 4 unspecified atom stereocenters. The van der Waals surface area contributed by atoms with E-state index >= 15 is 0 Å². The Morgan fingerprint density at radius 2 is 1.64 bits per heavy atom. The van der Waals surface area contributed by atoms with Crippen molar-refractivity contribution in [3.05, 3.63) is 0 Å². The van der Waals surface area contributed by atoms with Gasteiger partial charge in [-0.05, 0) is 50.0 Å². The molecule has 3 aliphatic rings. The van der Waals surface area contributed by atoms with E-state index in [2.05, 4.69) is 5.32 Å². The van der Waals surface area contributed by atoms with Gasteiger partial charge in [-0.25, -0.2) is 0 Å². The maximum Gasteiger partial charge on any atom is 0.00986 e. The van der Waals surface area contributed by atoms with Crippen molar-refractivity contribution in [2.75, 3.05) is 6.54 Å². The molecule has 80 valence electrons. The number of hydrogen-bond acceptors (Lipinski definition) is 1. The molecule has 3 fully saturated rings. The van der Waals surface area contributed by atoms with Gasteiger partial charge in [0.05, 0.1) is 0 Å². The zero-order chi connectivity index (χ0) is 9.38. The Labute approximate surface area is 87.7 Å². The van der Waals surface area contributed by atoms with Crippen molar-refractivity contribution in [1.82, 2.24) is 5.32 Å². The average Bonchev–Trinajstić information content (AvgIpc) is 2.55. The van der Waals surface area contributed by atoms with Gasteiger partial charge in [0.25, 0.3) is 0 Å². The SMILES string of the molecule is C1CCC2CCC3NCCC3C2CC1. The van der Waals surface area contributed by atoms with Crippen LogP contribution in [0.3, 0.4) is 0 Å². The van der Waals surface area contributed by atoms with Crippen LogP contribution in [0.5, 0.6) is 0 Å². The lowest BCUT2D eigenvalue weighted by molar-refractivity contribution is 0.131. The van der Waals surface area contributed by atoms with Gasteiger partial charge < -0.3 is 5.32 Å². The van der Waals surface area contributed by atoms with E-state index in [1.165, 1.54) is 45.1 Å². The molecule has 0 bridgehead atoms. The lowest BCUT2D eigenvalue weighted by Gasteiger charge is -2.39. The van der Waals surface area contributed by atoms with Gasteiger partial charge in [0.2, 0.25) is 0 Å². The molecule has 0 radical (unpaired) electrons. The van der Waals surface area contributed by atoms with E-state index in [1.807, 2.05) is 0 Å². The van der Waals surface area contributed by atoms with Crippen molar-refractivity contribution in [2.24, 2.45) is 17.8 Å². The molecule has 3 rings (SSSR count). The van der Waals surface area contributed by atoms with Crippen molar-refractivity contribution in [1.29, 1.82) is 0 Å². The third kappa shape index (κ3) is 1.50. The smallest absolute Gasteiger partial charge is 0.00986 e. The summed E-state index contributed by atoms with van der Waals surface area (Å²) in [7, 11) is 0. The average molecular weight is 193 g/mol. The van der Waals surface area contributed by atoms with Gasteiger partial charge in [0.1, 0.15) is 0 Å². The second-order valence-electron chi connectivity index (χ2n) is 5.65. The van der Waals surface area contributed by atoms with Gasteiger partial charge in [0.15, 0.2) is 0 Å². The molecule has 1 N–H and O–H groups in total. The Morgan fingerprint density at radius 3 is 2.64 bits per heavy atom. The fraction of sp³-hybridized carbons (Fsp3) is 1.00. The van der Waals surface area contributed by atoms with Crippen LogP contribution in [-0.4, -0.2) is 12.6 Å². The highest BCUT2D eigenvalue weighted by Crippen LogP contribution is 2.45. The van der Waals surface area contributed by atoms with Gasteiger partial charge in [-0.1, -0.05) is 25.7 Å². The van der Waals surface area contributed by atoms with Crippen molar-refractivity contribution in [3.63, 3.8) is 0 Å². The number of nitrogens with one attached hydrogen (secondary N) is 1. The van der Waals surface area contributed by atoms with Gasteiger partial charge in [0, 0.05) is 6.04 Å². The Hall–Kier alpha value is -0.0400. The second kappa shape index (κ2) is 3.84. The van der Waals surface area contributed by atoms with Crippen LogP contribution in [0.2, 0.25) is 0 Å². The second-order valence-corrected chi connectivity index (χ2v) is 5.65. The Balaban J connectivity index is 1.76. The predicted octanol–water partition coefficient (Wildman–Crippen LogP) is 2.95. The van der Waals surface area contributed by atoms with Crippen LogP contribution in [0.25, 0.3) is 0 Å². The van der Waals surface area contributed by atoms with Crippen molar-refractivity contribution in [2.45, 2.75) is 57.4 Å². The van der Waals surface area contributed by atoms with E-state index in [0.717, 1.165) is 23.8 Å². The monoisotopic (exact) mass is 193 g/mol.